The Morgan fingerprint density at radius 1 is 1.05 bits per heavy atom. The van der Waals surface area contributed by atoms with E-state index in [0.717, 1.165) is 18.8 Å². The molecule has 0 heterocycles. The molecule has 2 rings (SSSR count). The predicted octanol–water partition coefficient (Wildman–Crippen LogP) is 6.22. The Kier molecular flexibility index (Phi) is 5.94. The minimum atomic E-state index is 0.548. The molecule has 106 valence electrons. The molecule has 1 atom stereocenters. The van der Waals surface area contributed by atoms with Crippen LogP contribution in [0.3, 0.4) is 0 Å². The predicted molar refractivity (Wildman–Crippen MR) is 88.1 cm³/mol. The first-order valence-electron chi connectivity index (χ1n) is 8.00. The number of hydrogen-bond acceptors (Lipinski definition) is 0. The number of rotatable bonds is 5. The molecule has 1 saturated carbocycles. The summed E-state index contributed by atoms with van der Waals surface area (Å²) in [4.78, 5) is 0.548. The summed E-state index contributed by atoms with van der Waals surface area (Å²) in [5.41, 5.74) is 4.54. The maximum atomic E-state index is 3.93. The van der Waals surface area contributed by atoms with Crippen molar-refractivity contribution < 1.29 is 0 Å². The molecule has 1 aliphatic carbocycles. The Balaban J connectivity index is 2.03. The van der Waals surface area contributed by atoms with Crippen LogP contribution in [0.25, 0.3) is 0 Å². The van der Waals surface area contributed by atoms with Crippen molar-refractivity contribution in [3.05, 3.63) is 34.9 Å². The molecular formula is C18H27Br. The van der Waals surface area contributed by atoms with Crippen LogP contribution in [0.2, 0.25) is 0 Å². The van der Waals surface area contributed by atoms with Crippen molar-refractivity contribution in [1.29, 1.82) is 0 Å². The van der Waals surface area contributed by atoms with E-state index in [2.05, 4.69) is 48.0 Å². The second-order valence-electron chi connectivity index (χ2n) is 5.94. The van der Waals surface area contributed by atoms with E-state index < -0.39 is 0 Å². The summed E-state index contributed by atoms with van der Waals surface area (Å²) >= 11 is 3.93. The van der Waals surface area contributed by atoms with E-state index in [1.165, 1.54) is 55.2 Å². The highest BCUT2D eigenvalue weighted by atomic mass is 79.9. The molecule has 0 N–H and O–H groups in total. The standard InChI is InChI=1S/C18H27Br/c1-3-15-10-11-17(13-16(15)4-2)18(19)12-14-8-6-5-7-9-14/h10-11,13-14,18H,3-9,12H2,1-2H3. The van der Waals surface area contributed by atoms with Gasteiger partial charge in [-0.1, -0.05) is 80.1 Å². The van der Waals surface area contributed by atoms with Gasteiger partial charge in [-0.15, -0.1) is 0 Å². The highest BCUT2D eigenvalue weighted by Crippen LogP contribution is 2.36. The van der Waals surface area contributed by atoms with Crippen molar-refractivity contribution in [3.8, 4) is 0 Å². The molecule has 0 spiro atoms. The third kappa shape index (κ3) is 4.08. The van der Waals surface area contributed by atoms with Gasteiger partial charge in [-0.3, -0.25) is 0 Å². The van der Waals surface area contributed by atoms with Crippen molar-refractivity contribution in [2.45, 2.75) is 70.0 Å². The lowest BCUT2D eigenvalue weighted by Crippen LogP contribution is -2.09. The minimum absolute atomic E-state index is 0.548. The third-order valence-electron chi connectivity index (χ3n) is 4.62. The molecule has 1 fully saturated rings. The molecule has 0 radical (unpaired) electrons. The first-order chi connectivity index (χ1) is 9.24. The lowest BCUT2D eigenvalue weighted by molar-refractivity contribution is 0.338. The minimum Gasteiger partial charge on any atom is -0.0839 e. The van der Waals surface area contributed by atoms with E-state index >= 15 is 0 Å². The maximum absolute atomic E-state index is 3.93. The summed E-state index contributed by atoms with van der Waals surface area (Å²) in [6.45, 7) is 4.52. The summed E-state index contributed by atoms with van der Waals surface area (Å²) in [7, 11) is 0. The quantitative estimate of drug-likeness (QED) is 0.564. The second-order valence-corrected chi connectivity index (χ2v) is 7.05. The molecule has 1 aliphatic rings. The molecule has 0 amide bonds. The number of alkyl halides is 1. The van der Waals surface area contributed by atoms with Gasteiger partial charge in [0.1, 0.15) is 0 Å². The van der Waals surface area contributed by atoms with Gasteiger partial charge in [0.05, 0.1) is 0 Å². The van der Waals surface area contributed by atoms with Crippen molar-refractivity contribution in [1.82, 2.24) is 0 Å². The molecular weight excluding hydrogens is 296 g/mol. The fourth-order valence-corrected chi connectivity index (χ4v) is 4.18. The van der Waals surface area contributed by atoms with Gasteiger partial charge < -0.3 is 0 Å². The van der Waals surface area contributed by atoms with Crippen LogP contribution >= 0.6 is 15.9 Å². The first kappa shape index (κ1) is 15.1. The Hall–Kier alpha value is -0.300. The van der Waals surface area contributed by atoms with Gasteiger partial charge in [0.15, 0.2) is 0 Å². The van der Waals surface area contributed by atoms with Gasteiger partial charge in [0.2, 0.25) is 0 Å². The van der Waals surface area contributed by atoms with Crippen molar-refractivity contribution >= 4 is 15.9 Å². The third-order valence-corrected chi connectivity index (χ3v) is 5.52. The molecule has 0 bridgehead atoms. The fourth-order valence-electron chi connectivity index (χ4n) is 3.37. The van der Waals surface area contributed by atoms with Crippen LogP contribution in [0.1, 0.15) is 73.9 Å². The van der Waals surface area contributed by atoms with Crippen LogP contribution in [-0.2, 0) is 12.8 Å². The fraction of sp³-hybridized carbons (Fsp3) is 0.667. The average molecular weight is 323 g/mol. The SMILES string of the molecule is CCc1ccc(C(Br)CC2CCCCC2)cc1CC. The summed E-state index contributed by atoms with van der Waals surface area (Å²) in [6.07, 6.45) is 10.8. The zero-order valence-corrected chi connectivity index (χ0v) is 14.0. The van der Waals surface area contributed by atoms with E-state index in [4.69, 9.17) is 0 Å². The van der Waals surface area contributed by atoms with Crippen LogP contribution in [0, 0.1) is 5.92 Å². The van der Waals surface area contributed by atoms with Crippen LogP contribution in [-0.4, -0.2) is 0 Å². The number of hydrogen-bond donors (Lipinski definition) is 0. The Labute approximate surface area is 127 Å². The number of benzene rings is 1. The van der Waals surface area contributed by atoms with Gasteiger partial charge in [-0.05, 0) is 41.9 Å². The highest BCUT2D eigenvalue weighted by molar-refractivity contribution is 9.09. The lowest BCUT2D eigenvalue weighted by Gasteiger charge is -2.24. The van der Waals surface area contributed by atoms with Gasteiger partial charge >= 0.3 is 0 Å². The smallest absolute Gasteiger partial charge is 0.0398 e. The van der Waals surface area contributed by atoms with Gasteiger partial charge in [-0.25, -0.2) is 0 Å². The van der Waals surface area contributed by atoms with Crippen molar-refractivity contribution in [2.24, 2.45) is 5.92 Å². The summed E-state index contributed by atoms with van der Waals surface area (Å²) in [5.74, 6) is 0.939. The number of aryl methyl sites for hydroxylation is 2. The average Bonchev–Trinajstić information content (AvgIpc) is 2.47. The van der Waals surface area contributed by atoms with E-state index in [1.54, 1.807) is 0 Å². The van der Waals surface area contributed by atoms with E-state index in [0.29, 0.717) is 4.83 Å². The summed E-state index contributed by atoms with van der Waals surface area (Å²) in [6, 6.07) is 7.10. The van der Waals surface area contributed by atoms with Gasteiger partial charge in [-0.2, -0.15) is 0 Å². The van der Waals surface area contributed by atoms with E-state index in [9.17, 15) is 0 Å². The Morgan fingerprint density at radius 2 is 1.74 bits per heavy atom. The first-order valence-corrected chi connectivity index (χ1v) is 8.91. The van der Waals surface area contributed by atoms with Crippen LogP contribution in [0.4, 0.5) is 0 Å². The maximum Gasteiger partial charge on any atom is 0.0398 e. The van der Waals surface area contributed by atoms with E-state index in [1.807, 2.05) is 0 Å². The van der Waals surface area contributed by atoms with Crippen molar-refractivity contribution in [2.75, 3.05) is 0 Å². The normalized spacial score (nSPS) is 18.5. The van der Waals surface area contributed by atoms with Crippen LogP contribution < -0.4 is 0 Å². The Bertz CT molecular complexity index is 391. The molecule has 1 aromatic carbocycles. The lowest BCUT2D eigenvalue weighted by atomic mass is 9.85. The van der Waals surface area contributed by atoms with Crippen LogP contribution in [0.5, 0.6) is 0 Å². The van der Waals surface area contributed by atoms with Gasteiger partial charge in [0, 0.05) is 4.83 Å². The molecule has 0 saturated heterocycles. The summed E-state index contributed by atoms with van der Waals surface area (Å²) < 4.78 is 0. The topological polar surface area (TPSA) is 0 Å². The molecule has 0 aliphatic heterocycles. The van der Waals surface area contributed by atoms with Gasteiger partial charge in [0.25, 0.3) is 0 Å². The van der Waals surface area contributed by atoms with E-state index in [-0.39, 0.29) is 0 Å². The molecule has 0 aromatic heterocycles. The zero-order valence-electron chi connectivity index (χ0n) is 12.4. The molecule has 1 aromatic rings. The molecule has 0 nitrogen and oxygen atoms in total. The number of halogens is 1. The Morgan fingerprint density at radius 3 is 2.37 bits per heavy atom. The molecule has 19 heavy (non-hydrogen) atoms. The highest BCUT2D eigenvalue weighted by Gasteiger charge is 2.18. The zero-order chi connectivity index (χ0) is 13.7. The van der Waals surface area contributed by atoms with Crippen molar-refractivity contribution in [3.63, 3.8) is 0 Å². The monoisotopic (exact) mass is 322 g/mol. The molecule has 1 heteroatoms. The molecule has 1 unspecified atom stereocenters. The van der Waals surface area contributed by atoms with Crippen LogP contribution in [0.15, 0.2) is 18.2 Å². The summed E-state index contributed by atoms with van der Waals surface area (Å²) in [5, 5.41) is 0. The largest absolute Gasteiger partial charge is 0.0839 e. The second kappa shape index (κ2) is 7.47.